The summed E-state index contributed by atoms with van der Waals surface area (Å²) in [5.74, 6) is 0.269. The van der Waals surface area contributed by atoms with Gasteiger partial charge in [0.1, 0.15) is 0 Å². The van der Waals surface area contributed by atoms with Gasteiger partial charge in [0.15, 0.2) is 5.82 Å². The number of anilines is 1. The van der Waals surface area contributed by atoms with E-state index >= 15 is 0 Å². The van der Waals surface area contributed by atoms with Gasteiger partial charge in [0, 0.05) is 32.5 Å². The van der Waals surface area contributed by atoms with E-state index in [0.717, 1.165) is 63.7 Å². The Morgan fingerprint density at radius 3 is 2.40 bits per heavy atom. The molecule has 0 aromatic carbocycles. The number of carbonyl (C=O) groups excluding carboxylic acids is 2. The summed E-state index contributed by atoms with van der Waals surface area (Å²) in [7, 11) is 1.96. The topological polar surface area (TPSA) is 87.2 Å². The number of unbranched alkanes of at least 4 members (excludes halogenated alkanes) is 1. The number of hydrogen-bond donors (Lipinski definition) is 2. The van der Waals surface area contributed by atoms with Gasteiger partial charge in [-0.25, -0.2) is 0 Å². The van der Waals surface area contributed by atoms with Crippen LogP contribution in [0.4, 0.5) is 5.82 Å². The number of carbonyl (C=O) groups is 2. The Bertz CT molecular complexity index is 1270. The quantitative estimate of drug-likeness (QED) is 0.122. The molecule has 1 aromatic rings. The van der Waals surface area contributed by atoms with Gasteiger partial charge < -0.3 is 15.5 Å². The smallest absolute Gasteiger partial charge is 0.229 e. The van der Waals surface area contributed by atoms with E-state index in [-0.39, 0.29) is 17.9 Å². The highest BCUT2D eigenvalue weighted by molar-refractivity contribution is 8.06. The summed E-state index contributed by atoms with van der Waals surface area (Å²) >= 11 is 1.56. The molecule has 1 atom stereocenters. The fourth-order valence-corrected chi connectivity index (χ4v) is 4.81. The summed E-state index contributed by atoms with van der Waals surface area (Å²) in [6.45, 7) is 25.9. The second-order valence-corrected chi connectivity index (χ2v) is 11.6. The van der Waals surface area contributed by atoms with E-state index in [0.29, 0.717) is 18.7 Å². The van der Waals surface area contributed by atoms with Crippen LogP contribution in [0.3, 0.4) is 0 Å². The minimum absolute atomic E-state index is 0.0793. The molecule has 43 heavy (non-hydrogen) atoms. The SMILES string of the molecule is C=C/C(=C\C(=C/C)CC(=C)N(C)C(=C)SC(=C)CCCCc1ccc(NC(=O)C/C(C)=C/C=C\C)nn1)C(C)NC(C)=O. The van der Waals surface area contributed by atoms with Crippen LogP contribution >= 0.6 is 11.8 Å². The summed E-state index contributed by atoms with van der Waals surface area (Å²) in [6, 6.07) is 3.57. The average molecular weight is 604 g/mol. The molecule has 0 saturated heterocycles. The van der Waals surface area contributed by atoms with E-state index in [9.17, 15) is 9.59 Å². The zero-order valence-electron chi connectivity index (χ0n) is 26.8. The molecule has 2 amide bonds. The molecule has 1 aromatic heterocycles. The van der Waals surface area contributed by atoms with Gasteiger partial charge in [0.2, 0.25) is 11.8 Å². The van der Waals surface area contributed by atoms with Crippen LogP contribution in [-0.2, 0) is 16.0 Å². The van der Waals surface area contributed by atoms with Crippen LogP contribution < -0.4 is 10.6 Å². The molecule has 1 rings (SSSR count). The van der Waals surface area contributed by atoms with E-state index in [2.05, 4.69) is 47.1 Å². The lowest BCUT2D eigenvalue weighted by Gasteiger charge is -2.24. The van der Waals surface area contributed by atoms with Crippen molar-refractivity contribution in [1.82, 2.24) is 20.4 Å². The van der Waals surface area contributed by atoms with Crippen LogP contribution in [0.2, 0.25) is 0 Å². The largest absolute Gasteiger partial charge is 0.350 e. The Kier molecular flexibility index (Phi) is 17.3. The van der Waals surface area contributed by atoms with Crippen LogP contribution in [0.15, 0.2) is 107 Å². The Balaban J connectivity index is 2.49. The third-order valence-corrected chi connectivity index (χ3v) is 7.54. The van der Waals surface area contributed by atoms with Gasteiger partial charge in [0.05, 0.1) is 16.8 Å². The molecule has 0 aliphatic rings. The van der Waals surface area contributed by atoms with Crippen molar-refractivity contribution < 1.29 is 9.59 Å². The third kappa shape index (κ3) is 15.2. The lowest BCUT2D eigenvalue weighted by Crippen LogP contribution is -2.31. The molecule has 0 radical (unpaired) electrons. The fourth-order valence-electron chi connectivity index (χ4n) is 3.96. The maximum atomic E-state index is 12.2. The molecular weight excluding hydrogens is 554 g/mol. The third-order valence-electron chi connectivity index (χ3n) is 6.54. The van der Waals surface area contributed by atoms with Crippen molar-refractivity contribution in [3.63, 3.8) is 0 Å². The number of amides is 2. The lowest BCUT2D eigenvalue weighted by atomic mass is 10.0. The van der Waals surface area contributed by atoms with Crippen molar-refractivity contribution in [3.05, 3.63) is 113 Å². The van der Waals surface area contributed by atoms with Crippen molar-refractivity contribution in [1.29, 1.82) is 0 Å². The van der Waals surface area contributed by atoms with Crippen molar-refractivity contribution >= 4 is 29.4 Å². The Hall–Kier alpha value is -3.91. The van der Waals surface area contributed by atoms with E-state index < -0.39 is 0 Å². The highest BCUT2D eigenvalue weighted by atomic mass is 32.2. The van der Waals surface area contributed by atoms with Crippen molar-refractivity contribution in [2.45, 2.75) is 79.2 Å². The lowest BCUT2D eigenvalue weighted by molar-refractivity contribution is -0.119. The Morgan fingerprint density at radius 1 is 1.09 bits per heavy atom. The van der Waals surface area contributed by atoms with Crippen molar-refractivity contribution in [3.8, 4) is 0 Å². The van der Waals surface area contributed by atoms with Crippen LogP contribution in [0.1, 0.15) is 72.4 Å². The van der Waals surface area contributed by atoms with Crippen LogP contribution in [0.5, 0.6) is 0 Å². The van der Waals surface area contributed by atoms with Crippen molar-refractivity contribution in [2.75, 3.05) is 12.4 Å². The van der Waals surface area contributed by atoms with Crippen LogP contribution in [0.25, 0.3) is 0 Å². The molecule has 0 fully saturated rings. The number of aromatic nitrogens is 2. The molecule has 0 saturated carbocycles. The highest BCUT2D eigenvalue weighted by Crippen LogP contribution is 2.31. The molecule has 232 valence electrons. The molecule has 7 nitrogen and oxygen atoms in total. The number of allylic oxidation sites excluding steroid dienone is 7. The molecule has 1 heterocycles. The van der Waals surface area contributed by atoms with Crippen LogP contribution in [-0.4, -0.2) is 40.0 Å². The predicted molar refractivity (Wildman–Crippen MR) is 184 cm³/mol. The molecule has 0 aliphatic carbocycles. The van der Waals surface area contributed by atoms with Crippen molar-refractivity contribution in [2.24, 2.45) is 0 Å². The molecule has 1 unspecified atom stereocenters. The number of nitrogens with one attached hydrogen (secondary N) is 2. The fraction of sp³-hybridized carbons (Fsp3) is 0.371. The van der Waals surface area contributed by atoms with Gasteiger partial charge in [-0.1, -0.05) is 80.1 Å². The zero-order valence-corrected chi connectivity index (χ0v) is 27.7. The summed E-state index contributed by atoms with van der Waals surface area (Å²) in [4.78, 5) is 26.7. The average Bonchev–Trinajstić information content (AvgIpc) is 2.95. The standard InChI is InChI=1S/C35H49N5O2S/c1-11-14-17-25(4)22-35(42)37-34-21-20-33(38-39-34)19-16-15-18-27(6)43-30(9)40(10)26(5)23-31(12-2)24-32(13-3)28(7)36-29(8)41/h11-14,17,20-21,24,28H,3,5-6,9,15-16,18-19,22-23H2,1-2,4,7-8,10H3,(H,36,41)(H,37,39,42)/b14-11-,25-17+,31-12-,32-24+. The number of rotatable bonds is 19. The Labute approximate surface area is 263 Å². The number of hydrogen-bond acceptors (Lipinski definition) is 6. The number of nitrogens with zero attached hydrogens (tertiary/aromatic N) is 3. The maximum Gasteiger partial charge on any atom is 0.229 e. The zero-order chi connectivity index (χ0) is 32.4. The minimum Gasteiger partial charge on any atom is -0.350 e. The molecule has 0 bridgehead atoms. The second-order valence-electron chi connectivity index (χ2n) is 10.4. The van der Waals surface area contributed by atoms with E-state index in [1.54, 1.807) is 23.9 Å². The summed E-state index contributed by atoms with van der Waals surface area (Å²) in [5.41, 5.74) is 4.78. The van der Waals surface area contributed by atoms with E-state index in [4.69, 9.17) is 0 Å². The van der Waals surface area contributed by atoms with Gasteiger partial charge in [-0.2, -0.15) is 5.10 Å². The van der Waals surface area contributed by atoms with E-state index in [1.807, 2.05) is 76.1 Å². The first kappa shape index (κ1) is 37.1. The number of thioether (sulfide) groups is 1. The van der Waals surface area contributed by atoms with Gasteiger partial charge in [0.25, 0.3) is 0 Å². The van der Waals surface area contributed by atoms with Gasteiger partial charge in [-0.3, -0.25) is 9.59 Å². The molecule has 2 N–H and O–H groups in total. The minimum atomic E-state index is -0.130. The molecule has 0 aliphatic heterocycles. The number of aryl methyl sites for hydroxylation is 1. The summed E-state index contributed by atoms with van der Waals surface area (Å²) in [6.07, 6.45) is 16.1. The first-order valence-corrected chi connectivity index (χ1v) is 15.3. The first-order chi connectivity index (χ1) is 20.4. The second kappa shape index (κ2) is 20.1. The van der Waals surface area contributed by atoms with Gasteiger partial charge >= 0.3 is 0 Å². The molecule has 0 spiro atoms. The monoisotopic (exact) mass is 603 g/mol. The van der Waals surface area contributed by atoms with Gasteiger partial charge in [-0.05, 0) is 81.6 Å². The maximum absolute atomic E-state index is 12.2. The summed E-state index contributed by atoms with van der Waals surface area (Å²) in [5, 5.41) is 15.0. The molecule has 8 heteroatoms. The normalized spacial score (nSPS) is 12.9. The predicted octanol–water partition coefficient (Wildman–Crippen LogP) is 8.18. The van der Waals surface area contributed by atoms with E-state index in [1.165, 1.54) is 6.92 Å². The Morgan fingerprint density at radius 2 is 1.81 bits per heavy atom. The summed E-state index contributed by atoms with van der Waals surface area (Å²) < 4.78 is 0. The van der Waals surface area contributed by atoms with Gasteiger partial charge in [-0.15, -0.1) is 5.10 Å². The molecular formula is C35H49N5O2S. The first-order valence-electron chi connectivity index (χ1n) is 14.5. The van der Waals surface area contributed by atoms with Crippen LogP contribution in [0, 0.1) is 0 Å². The highest BCUT2D eigenvalue weighted by Gasteiger charge is 2.12.